The maximum absolute atomic E-state index is 12.0. The van der Waals surface area contributed by atoms with Gasteiger partial charge in [-0.25, -0.2) is 4.98 Å². The molecule has 0 aromatic carbocycles. The highest BCUT2D eigenvalue weighted by Crippen LogP contribution is 2.16. The Morgan fingerprint density at radius 2 is 2.37 bits per heavy atom. The molecule has 2 N–H and O–H groups in total. The van der Waals surface area contributed by atoms with Crippen molar-refractivity contribution in [2.45, 2.75) is 6.42 Å². The van der Waals surface area contributed by atoms with Gasteiger partial charge in [0.1, 0.15) is 4.88 Å². The van der Waals surface area contributed by atoms with Gasteiger partial charge < -0.3 is 5.11 Å². The Kier molecular flexibility index (Phi) is 4.55. The number of thiophene rings is 1. The van der Waals surface area contributed by atoms with E-state index >= 15 is 0 Å². The molecule has 0 atom stereocenters. The lowest BCUT2D eigenvalue weighted by Gasteiger charge is -2.00. The average molecular weight is 274 g/mol. The van der Waals surface area contributed by atoms with Crippen LogP contribution in [-0.4, -0.2) is 32.8 Å². The van der Waals surface area contributed by atoms with E-state index < -0.39 is 0 Å². The largest absolute Gasteiger partial charge is 0.395 e. The van der Waals surface area contributed by atoms with E-state index in [4.69, 9.17) is 5.11 Å². The summed E-state index contributed by atoms with van der Waals surface area (Å²) in [5, 5.41) is 20.3. The number of hydrogen-bond donors (Lipinski definition) is 2. The number of amides is 1. The Balaban J connectivity index is 2.12. The molecular formula is C12H10N4O2S. The van der Waals surface area contributed by atoms with Gasteiger partial charge in [0, 0.05) is 12.0 Å². The van der Waals surface area contributed by atoms with Crippen LogP contribution in [0.15, 0.2) is 23.8 Å². The van der Waals surface area contributed by atoms with E-state index in [1.165, 1.54) is 23.7 Å². The van der Waals surface area contributed by atoms with Gasteiger partial charge in [-0.2, -0.15) is 5.10 Å². The first kappa shape index (κ1) is 13.1. The quantitative estimate of drug-likeness (QED) is 0.813. The van der Waals surface area contributed by atoms with Crippen molar-refractivity contribution in [2.24, 2.45) is 0 Å². The van der Waals surface area contributed by atoms with E-state index in [0.29, 0.717) is 16.9 Å². The van der Waals surface area contributed by atoms with Gasteiger partial charge in [0.25, 0.3) is 5.91 Å². The Labute approximate surface area is 113 Å². The molecule has 0 aliphatic heterocycles. The molecule has 96 valence electrons. The topological polar surface area (TPSA) is 88.0 Å². The molecule has 2 heterocycles. The van der Waals surface area contributed by atoms with Crippen molar-refractivity contribution in [3.63, 3.8) is 0 Å². The lowest BCUT2D eigenvalue weighted by molar-refractivity contribution is 0.102. The summed E-state index contributed by atoms with van der Waals surface area (Å²) in [5.74, 6) is 5.45. The van der Waals surface area contributed by atoms with Crippen molar-refractivity contribution in [3.8, 4) is 11.8 Å². The van der Waals surface area contributed by atoms with E-state index in [2.05, 4.69) is 32.3 Å². The van der Waals surface area contributed by atoms with Crippen molar-refractivity contribution in [1.82, 2.24) is 15.2 Å². The van der Waals surface area contributed by atoms with Crippen LogP contribution in [0.1, 0.15) is 21.7 Å². The van der Waals surface area contributed by atoms with E-state index in [9.17, 15) is 4.79 Å². The van der Waals surface area contributed by atoms with Crippen LogP contribution in [0.2, 0.25) is 0 Å². The zero-order valence-corrected chi connectivity index (χ0v) is 10.6. The van der Waals surface area contributed by atoms with Crippen LogP contribution in [0.5, 0.6) is 0 Å². The zero-order valence-electron chi connectivity index (χ0n) is 9.83. The van der Waals surface area contributed by atoms with Crippen molar-refractivity contribution in [2.75, 3.05) is 11.9 Å². The van der Waals surface area contributed by atoms with Gasteiger partial charge in [-0.15, -0.1) is 16.4 Å². The fraction of sp³-hybridized carbons (Fsp3) is 0.167. The highest BCUT2D eigenvalue weighted by molar-refractivity contribution is 7.12. The Bertz CT molecular complexity index is 615. The van der Waals surface area contributed by atoms with Crippen molar-refractivity contribution in [1.29, 1.82) is 0 Å². The van der Waals surface area contributed by atoms with Gasteiger partial charge >= 0.3 is 0 Å². The first-order valence-corrected chi connectivity index (χ1v) is 6.31. The third kappa shape index (κ3) is 3.58. The second-order valence-electron chi connectivity index (χ2n) is 3.36. The number of anilines is 1. The van der Waals surface area contributed by atoms with Gasteiger partial charge in [0.05, 0.1) is 19.0 Å². The summed E-state index contributed by atoms with van der Waals surface area (Å²) in [6.07, 6.45) is 3.24. The third-order valence-corrected chi connectivity index (χ3v) is 2.95. The summed E-state index contributed by atoms with van der Waals surface area (Å²) in [5.41, 5.74) is 0.625. The Morgan fingerprint density at radius 3 is 3.11 bits per heavy atom. The minimum Gasteiger partial charge on any atom is -0.395 e. The highest BCUT2D eigenvalue weighted by Gasteiger charge is 2.13. The third-order valence-electron chi connectivity index (χ3n) is 2.04. The maximum atomic E-state index is 12.0. The summed E-state index contributed by atoms with van der Waals surface area (Å²) in [4.78, 5) is 16.4. The van der Waals surface area contributed by atoms with Crippen molar-refractivity contribution >= 4 is 23.2 Å². The number of carbonyl (C=O) groups excluding carboxylic acids is 1. The van der Waals surface area contributed by atoms with E-state index in [1.54, 1.807) is 11.4 Å². The summed E-state index contributed by atoms with van der Waals surface area (Å²) in [6, 6.07) is 1.76. The van der Waals surface area contributed by atoms with Gasteiger partial charge in [-0.05, 0) is 11.4 Å². The molecule has 2 aromatic rings. The summed E-state index contributed by atoms with van der Waals surface area (Å²) < 4.78 is 0. The minimum absolute atomic E-state index is 0.00217. The average Bonchev–Trinajstić information content (AvgIpc) is 2.89. The number of aromatic nitrogens is 3. The van der Waals surface area contributed by atoms with Gasteiger partial charge in [-0.1, -0.05) is 11.8 Å². The minimum atomic E-state index is -0.323. The first-order valence-electron chi connectivity index (χ1n) is 5.43. The maximum Gasteiger partial charge on any atom is 0.269 e. The first-order chi connectivity index (χ1) is 9.31. The van der Waals surface area contributed by atoms with E-state index in [1.807, 2.05) is 0 Å². The van der Waals surface area contributed by atoms with Crippen molar-refractivity contribution < 1.29 is 9.90 Å². The molecule has 0 aliphatic carbocycles. The summed E-state index contributed by atoms with van der Waals surface area (Å²) in [7, 11) is 0. The van der Waals surface area contributed by atoms with Gasteiger partial charge in [0.15, 0.2) is 0 Å². The molecule has 1 amide bonds. The lowest BCUT2D eigenvalue weighted by Crippen LogP contribution is -2.14. The fourth-order valence-electron chi connectivity index (χ4n) is 1.26. The Hall–Kier alpha value is -2.30. The van der Waals surface area contributed by atoms with Crippen LogP contribution in [0, 0.1) is 11.8 Å². The molecule has 0 saturated heterocycles. The van der Waals surface area contributed by atoms with Gasteiger partial charge in [-0.3, -0.25) is 10.1 Å². The number of rotatable bonds is 3. The molecule has 2 aromatic heterocycles. The molecule has 0 aliphatic rings. The molecule has 0 spiro atoms. The molecule has 6 nitrogen and oxygen atoms in total. The molecule has 0 bridgehead atoms. The Morgan fingerprint density at radius 1 is 1.47 bits per heavy atom. The molecule has 0 saturated carbocycles. The van der Waals surface area contributed by atoms with E-state index in [-0.39, 0.29) is 18.5 Å². The lowest BCUT2D eigenvalue weighted by atomic mass is 10.2. The van der Waals surface area contributed by atoms with Crippen LogP contribution in [0.4, 0.5) is 5.95 Å². The normalized spacial score (nSPS) is 9.53. The van der Waals surface area contributed by atoms with Crippen LogP contribution < -0.4 is 5.32 Å². The van der Waals surface area contributed by atoms with Crippen LogP contribution in [-0.2, 0) is 0 Å². The molecule has 0 unspecified atom stereocenters. The van der Waals surface area contributed by atoms with Crippen molar-refractivity contribution in [3.05, 3.63) is 34.3 Å². The number of hydrogen-bond acceptors (Lipinski definition) is 6. The molecule has 0 fully saturated rings. The molecule has 19 heavy (non-hydrogen) atoms. The fourth-order valence-corrected chi connectivity index (χ4v) is 2.00. The number of nitrogens with one attached hydrogen (secondary N) is 1. The van der Waals surface area contributed by atoms with Crippen LogP contribution in [0.25, 0.3) is 0 Å². The monoisotopic (exact) mass is 274 g/mol. The number of aliphatic hydroxyl groups excluding tert-OH is 1. The summed E-state index contributed by atoms with van der Waals surface area (Å²) >= 11 is 1.28. The molecule has 2 rings (SSSR count). The summed E-state index contributed by atoms with van der Waals surface area (Å²) in [6.45, 7) is 0.00217. The predicted molar refractivity (Wildman–Crippen MR) is 70.7 cm³/mol. The highest BCUT2D eigenvalue weighted by atomic mass is 32.1. The zero-order chi connectivity index (χ0) is 13.5. The number of nitrogens with zero attached hydrogens (tertiary/aromatic N) is 3. The van der Waals surface area contributed by atoms with E-state index in [0.717, 1.165) is 0 Å². The molecular weight excluding hydrogens is 264 g/mol. The second kappa shape index (κ2) is 6.58. The molecule has 7 heteroatoms. The standard InChI is InChI=1S/C12H10N4O2S/c17-7-2-1-3-9-4-8-19-10(9)11(18)15-12-13-5-6-14-16-12/h4-6,8,17H,2,7H2,(H,13,15,16,18). The second-order valence-corrected chi connectivity index (χ2v) is 4.28. The SMILES string of the molecule is O=C(Nc1nccnn1)c1sccc1C#CCCO. The predicted octanol–water partition coefficient (Wildman–Crippen LogP) is 0.919. The number of carbonyl (C=O) groups is 1. The molecule has 0 radical (unpaired) electrons. The van der Waals surface area contributed by atoms with Gasteiger partial charge in [0.2, 0.25) is 5.95 Å². The smallest absolute Gasteiger partial charge is 0.269 e. The van der Waals surface area contributed by atoms with Crippen LogP contribution in [0.3, 0.4) is 0 Å². The number of aliphatic hydroxyl groups is 1. The van der Waals surface area contributed by atoms with Crippen LogP contribution >= 0.6 is 11.3 Å².